The number of esters is 1. The van der Waals surface area contributed by atoms with Crippen molar-refractivity contribution in [1.29, 1.82) is 0 Å². The van der Waals surface area contributed by atoms with E-state index in [9.17, 15) is 18.0 Å². The summed E-state index contributed by atoms with van der Waals surface area (Å²) < 4.78 is 52.1. The molecule has 0 unspecified atom stereocenters. The molecule has 0 amide bonds. The average molecular weight is 365 g/mol. The first-order valence-corrected chi connectivity index (χ1v) is 8.26. The summed E-state index contributed by atoms with van der Waals surface area (Å²) in [5.74, 6) is -4.22. The molecule has 1 aliphatic carbocycles. The minimum Gasteiger partial charge on any atom is -0.462 e. The van der Waals surface area contributed by atoms with Crippen molar-refractivity contribution in [2.24, 2.45) is 0 Å². The van der Waals surface area contributed by atoms with Crippen molar-refractivity contribution in [2.45, 2.75) is 38.0 Å². The standard InChI is InChI=1S/C19H18F3NO3/c1-3-25-17(24)12-4-7-16(23-11-12)26-15-6-5-13(10-14(15)20)19(8-9-19)18(2,21)22/h4-7,10-11H,3,8-9H2,1-2H3. The van der Waals surface area contributed by atoms with Crippen LogP contribution in [0.3, 0.4) is 0 Å². The van der Waals surface area contributed by atoms with Gasteiger partial charge in [-0.05, 0) is 43.5 Å². The number of ether oxygens (including phenoxy) is 2. The Labute approximate surface area is 149 Å². The molecule has 4 nitrogen and oxygen atoms in total. The van der Waals surface area contributed by atoms with Gasteiger partial charge in [0.05, 0.1) is 17.6 Å². The van der Waals surface area contributed by atoms with Crippen molar-refractivity contribution in [3.63, 3.8) is 0 Å². The van der Waals surface area contributed by atoms with Gasteiger partial charge in [-0.3, -0.25) is 0 Å². The SMILES string of the molecule is CCOC(=O)c1ccc(Oc2ccc(C3(C(C)(F)F)CC3)cc2F)nc1. The molecule has 1 aromatic heterocycles. The zero-order valence-electron chi connectivity index (χ0n) is 14.4. The lowest BCUT2D eigenvalue weighted by Gasteiger charge is -2.23. The van der Waals surface area contributed by atoms with Crippen LogP contribution < -0.4 is 4.74 Å². The molecule has 0 saturated heterocycles. The van der Waals surface area contributed by atoms with Gasteiger partial charge in [0.15, 0.2) is 11.6 Å². The maximum absolute atomic E-state index is 14.3. The first kappa shape index (κ1) is 18.2. The highest BCUT2D eigenvalue weighted by molar-refractivity contribution is 5.89. The predicted octanol–water partition coefficient (Wildman–Crippen LogP) is 4.88. The number of hydrogen-bond acceptors (Lipinski definition) is 4. The monoisotopic (exact) mass is 365 g/mol. The number of carbonyl (C=O) groups is 1. The van der Waals surface area contributed by atoms with Gasteiger partial charge in [0.1, 0.15) is 0 Å². The van der Waals surface area contributed by atoms with Crippen LogP contribution in [0.4, 0.5) is 13.2 Å². The number of nitrogens with zero attached hydrogens (tertiary/aromatic N) is 1. The summed E-state index contributed by atoms with van der Waals surface area (Å²) in [7, 11) is 0. The Morgan fingerprint density at radius 2 is 2.00 bits per heavy atom. The van der Waals surface area contributed by atoms with Crippen molar-refractivity contribution >= 4 is 5.97 Å². The zero-order chi connectivity index (χ0) is 18.9. The van der Waals surface area contributed by atoms with Crippen LogP contribution in [-0.4, -0.2) is 23.5 Å². The van der Waals surface area contributed by atoms with Gasteiger partial charge in [0, 0.05) is 19.2 Å². The molecule has 2 aromatic rings. The first-order valence-electron chi connectivity index (χ1n) is 8.26. The molecule has 0 N–H and O–H groups in total. The lowest BCUT2D eigenvalue weighted by atomic mass is 9.90. The second kappa shape index (κ2) is 6.63. The second-order valence-corrected chi connectivity index (χ2v) is 6.32. The molecule has 0 bridgehead atoms. The maximum Gasteiger partial charge on any atom is 0.339 e. The Balaban J connectivity index is 1.76. The maximum atomic E-state index is 14.3. The van der Waals surface area contributed by atoms with Crippen LogP contribution in [0.2, 0.25) is 0 Å². The van der Waals surface area contributed by atoms with E-state index in [4.69, 9.17) is 9.47 Å². The molecule has 138 valence electrons. The summed E-state index contributed by atoms with van der Waals surface area (Å²) in [4.78, 5) is 15.5. The molecule has 3 rings (SSSR count). The molecule has 1 aromatic carbocycles. The smallest absolute Gasteiger partial charge is 0.339 e. The summed E-state index contributed by atoms with van der Waals surface area (Å²) in [6.07, 6.45) is 1.91. The van der Waals surface area contributed by atoms with E-state index >= 15 is 0 Å². The number of pyridine rings is 1. The van der Waals surface area contributed by atoms with E-state index < -0.39 is 23.1 Å². The van der Waals surface area contributed by atoms with E-state index in [-0.39, 0.29) is 29.4 Å². The van der Waals surface area contributed by atoms with Gasteiger partial charge in [0.2, 0.25) is 5.88 Å². The number of hydrogen-bond donors (Lipinski definition) is 0. The van der Waals surface area contributed by atoms with Crippen LogP contribution in [0.25, 0.3) is 0 Å². The van der Waals surface area contributed by atoms with E-state index in [1.165, 1.54) is 30.5 Å². The molecule has 0 atom stereocenters. The summed E-state index contributed by atoms with van der Waals surface area (Å²) in [6.45, 7) is 2.79. The van der Waals surface area contributed by atoms with Gasteiger partial charge in [-0.1, -0.05) is 6.07 Å². The molecule has 0 aliphatic heterocycles. The third-order valence-electron chi connectivity index (χ3n) is 4.54. The van der Waals surface area contributed by atoms with Crippen LogP contribution in [0.1, 0.15) is 42.6 Å². The van der Waals surface area contributed by atoms with E-state index in [1.807, 2.05) is 0 Å². The predicted molar refractivity (Wildman–Crippen MR) is 88.2 cm³/mol. The molecular weight excluding hydrogens is 347 g/mol. The third-order valence-corrected chi connectivity index (χ3v) is 4.54. The Bertz CT molecular complexity index is 812. The Morgan fingerprint density at radius 1 is 1.27 bits per heavy atom. The lowest BCUT2D eigenvalue weighted by molar-refractivity contribution is -0.0201. The van der Waals surface area contributed by atoms with E-state index in [0.29, 0.717) is 12.8 Å². The molecular formula is C19H18F3NO3. The lowest BCUT2D eigenvalue weighted by Crippen LogP contribution is -2.30. The van der Waals surface area contributed by atoms with Crippen LogP contribution >= 0.6 is 0 Å². The van der Waals surface area contributed by atoms with Crippen molar-refractivity contribution in [3.8, 4) is 11.6 Å². The highest BCUT2D eigenvalue weighted by Crippen LogP contribution is 2.58. The molecule has 1 aliphatic rings. The molecule has 7 heteroatoms. The van der Waals surface area contributed by atoms with E-state index in [1.54, 1.807) is 6.92 Å². The number of halogens is 3. The molecule has 0 spiro atoms. The highest BCUT2D eigenvalue weighted by atomic mass is 19.3. The van der Waals surface area contributed by atoms with Gasteiger partial charge < -0.3 is 9.47 Å². The topological polar surface area (TPSA) is 48.4 Å². The Kier molecular flexibility index (Phi) is 4.64. The van der Waals surface area contributed by atoms with Crippen LogP contribution in [0.5, 0.6) is 11.6 Å². The third kappa shape index (κ3) is 3.38. The zero-order valence-corrected chi connectivity index (χ0v) is 14.4. The minimum atomic E-state index is -2.91. The number of rotatable bonds is 6. The van der Waals surface area contributed by atoms with Crippen LogP contribution in [0, 0.1) is 5.82 Å². The van der Waals surface area contributed by atoms with Gasteiger partial charge in [0.25, 0.3) is 5.92 Å². The van der Waals surface area contributed by atoms with Crippen molar-refractivity contribution in [3.05, 3.63) is 53.5 Å². The van der Waals surface area contributed by atoms with Crippen molar-refractivity contribution in [1.82, 2.24) is 4.98 Å². The van der Waals surface area contributed by atoms with Crippen LogP contribution in [0.15, 0.2) is 36.5 Å². The Morgan fingerprint density at radius 3 is 2.50 bits per heavy atom. The fourth-order valence-electron chi connectivity index (χ4n) is 2.88. The quantitative estimate of drug-likeness (QED) is 0.685. The summed E-state index contributed by atoms with van der Waals surface area (Å²) in [5.41, 5.74) is -0.775. The number of carbonyl (C=O) groups excluding carboxylic acids is 1. The fourth-order valence-corrected chi connectivity index (χ4v) is 2.88. The normalized spacial score (nSPS) is 15.4. The Hall–Kier alpha value is -2.57. The minimum absolute atomic E-state index is 0.0756. The number of aromatic nitrogens is 1. The average Bonchev–Trinajstić information content (AvgIpc) is 3.39. The molecule has 1 fully saturated rings. The van der Waals surface area contributed by atoms with Gasteiger partial charge in [-0.2, -0.15) is 0 Å². The second-order valence-electron chi connectivity index (χ2n) is 6.32. The molecule has 0 radical (unpaired) electrons. The van der Waals surface area contributed by atoms with E-state index in [2.05, 4.69) is 4.98 Å². The highest BCUT2D eigenvalue weighted by Gasteiger charge is 2.60. The number of benzene rings is 1. The molecule has 26 heavy (non-hydrogen) atoms. The molecule has 1 heterocycles. The first-order chi connectivity index (χ1) is 12.3. The summed E-state index contributed by atoms with van der Waals surface area (Å²) in [5, 5.41) is 0. The number of alkyl halides is 2. The van der Waals surface area contributed by atoms with Crippen molar-refractivity contribution in [2.75, 3.05) is 6.61 Å². The summed E-state index contributed by atoms with van der Waals surface area (Å²) in [6, 6.07) is 6.71. The van der Waals surface area contributed by atoms with Gasteiger partial charge in [-0.25, -0.2) is 22.9 Å². The molecule has 1 saturated carbocycles. The summed E-state index contributed by atoms with van der Waals surface area (Å²) >= 11 is 0. The van der Waals surface area contributed by atoms with Crippen LogP contribution in [-0.2, 0) is 10.2 Å². The fraction of sp³-hybridized carbons (Fsp3) is 0.368. The van der Waals surface area contributed by atoms with Gasteiger partial charge >= 0.3 is 5.97 Å². The van der Waals surface area contributed by atoms with E-state index in [0.717, 1.165) is 13.0 Å². The van der Waals surface area contributed by atoms with Gasteiger partial charge in [-0.15, -0.1) is 0 Å². The largest absolute Gasteiger partial charge is 0.462 e. The van der Waals surface area contributed by atoms with Crippen molar-refractivity contribution < 1.29 is 27.4 Å².